The lowest BCUT2D eigenvalue weighted by Gasteiger charge is -2.12. The Bertz CT molecular complexity index is 1250. The lowest BCUT2D eigenvalue weighted by Crippen LogP contribution is -2.25. The number of ketones is 1. The molecule has 3 aromatic rings. The Labute approximate surface area is 257 Å². The molecular formula is C35H50N4O4. The molecule has 0 radical (unpaired) electrons. The van der Waals surface area contributed by atoms with Gasteiger partial charge in [-0.3, -0.25) is 14.5 Å². The topological polar surface area (TPSA) is 93.5 Å². The van der Waals surface area contributed by atoms with Crippen molar-refractivity contribution in [3.63, 3.8) is 0 Å². The van der Waals surface area contributed by atoms with Crippen LogP contribution in [-0.2, 0) is 22.6 Å². The van der Waals surface area contributed by atoms with E-state index in [0.717, 1.165) is 48.2 Å². The predicted molar refractivity (Wildman–Crippen MR) is 173 cm³/mol. The van der Waals surface area contributed by atoms with Gasteiger partial charge in [-0.15, -0.1) is 0 Å². The summed E-state index contributed by atoms with van der Waals surface area (Å²) in [6.07, 6.45) is 10.5. The first-order chi connectivity index (χ1) is 20.8. The number of amides is 1. The molecule has 234 valence electrons. The maximum absolute atomic E-state index is 12.1. The summed E-state index contributed by atoms with van der Waals surface area (Å²) >= 11 is 0. The monoisotopic (exact) mass is 590 g/mol. The Hall–Kier alpha value is -3.78. The molecule has 1 amide bonds. The third kappa shape index (κ3) is 11.8. The number of methoxy groups -OCH3 is 1. The Morgan fingerprint density at radius 3 is 2.33 bits per heavy atom. The molecular weight excluding hydrogens is 540 g/mol. The summed E-state index contributed by atoms with van der Waals surface area (Å²) in [7, 11) is 3.24. The highest BCUT2D eigenvalue weighted by molar-refractivity contribution is 5.99. The van der Waals surface area contributed by atoms with Crippen LogP contribution >= 0.6 is 0 Å². The van der Waals surface area contributed by atoms with Gasteiger partial charge in [0.05, 0.1) is 19.0 Å². The summed E-state index contributed by atoms with van der Waals surface area (Å²) in [6, 6.07) is 15.9. The number of Topliss-reactive ketones (excluding diaryl/α,β-unsaturated/α-hetero) is 1. The number of carbonyl (C=O) groups is 3. The lowest BCUT2D eigenvalue weighted by atomic mass is 9.92. The summed E-state index contributed by atoms with van der Waals surface area (Å²) in [5.74, 6) is 1.11. The lowest BCUT2D eigenvalue weighted by molar-refractivity contribution is -0.124. The molecule has 0 aliphatic carbocycles. The summed E-state index contributed by atoms with van der Waals surface area (Å²) in [5, 5.41) is 6.94. The zero-order chi connectivity index (χ0) is 31.6. The molecule has 0 spiro atoms. The van der Waals surface area contributed by atoms with Gasteiger partial charge in [-0.1, -0.05) is 45.9 Å². The van der Waals surface area contributed by atoms with E-state index in [2.05, 4.69) is 40.6 Å². The highest BCUT2D eigenvalue weighted by Gasteiger charge is 2.17. The van der Waals surface area contributed by atoms with Crippen molar-refractivity contribution < 1.29 is 19.1 Å². The summed E-state index contributed by atoms with van der Waals surface area (Å²) in [4.78, 5) is 35.3. The minimum atomic E-state index is -0.0461. The number of likely N-dealkylation sites (tertiary alicyclic amines) is 1. The average Bonchev–Trinajstić information content (AvgIpc) is 3.76. The fourth-order valence-electron chi connectivity index (χ4n) is 4.74. The minimum Gasteiger partial charge on any atom is -0.497 e. The second-order valence-electron chi connectivity index (χ2n) is 10.9. The van der Waals surface area contributed by atoms with Crippen molar-refractivity contribution >= 4 is 18.0 Å². The van der Waals surface area contributed by atoms with Gasteiger partial charge < -0.3 is 14.8 Å². The van der Waals surface area contributed by atoms with Crippen LogP contribution in [0.2, 0.25) is 0 Å². The molecule has 8 heteroatoms. The Morgan fingerprint density at radius 2 is 1.74 bits per heavy atom. The molecule has 2 aromatic carbocycles. The number of carbonyl (C=O) groups excluding carboxylic acids is 3. The summed E-state index contributed by atoms with van der Waals surface area (Å²) < 4.78 is 7.12. The van der Waals surface area contributed by atoms with E-state index >= 15 is 0 Å². The van der Waals surface area contributed by atoms with Gasteiger partial charge in [0.25, 0.3) is 0 Å². The van der Waals surface area contributed by atoms with E-state index in [4.69, 9.17) is 4.74 Å². The first kappa shape index (κ1) is 35.4. The van der Waals surface area contributed by atoms with Crippen molar-refractivity contribution in [2.45, 2.75) is 72.8 Å². The number of ether oxygens (including phenoxy) is 1. The quantitative estimate of drug-likeness (QED) is 0.197. The molecule has 1 N–H and O–H groups in total. The third-order valence-electron chi connectivity index (χ3n) is 7.69. The van der Waals surface area contributed by atoms with Crippen LogP contribution in [0.4, 0.5) is 0 Å². The van der Waals surface area contributed by atoms with E-state index in [9.17, 15) is 14.4 Å². The summed E-state index contributed by atoms with van der Waals surface area (Å²) in [6.45, 7) is 11.4. The van der Waals surface area contributed by atoms with Crippen molar-refractivity contribution in [1.29, 1.82) is 0 Å². The average molecular weight is 591 g/mol. The highest BCUT2D eigenvalue weighted by Crippen LogP contribution is 2.22. The van der Waals surface area contributed by atoms with Crippen LogP contribution in [-0.4, -0.2) is 59.9 Å². The van der Waals surface area contributed by atoms with E-state index in [1.807, 2.05) is 68.0 Å². The van der Waals surface area contributed by atoms with Gasteiger partial charge in [0.1, 0.15) is 12.0 Å². The Kier molecular flexibility index (Phi) is 16.0. The van der Waals surface area contributed by atoms with Crippen molar-refractivity contribution in [3.8, 4) is 11.4 Å². The molecule has 1 aromatic heterocycles. The first-order valence-electron chi connectivity index (χ1n) is 15.4. The number of benzene rings is 2. The van der Waals surface area contributed by atoms with Crippen molar-refractivity contribution in [2.24, 2.45) is 11.8 Å². The third-order valence-corrected chi connectivity index (χ3v) is 7.69. The Balaban J connectivity index is 0.000000234. The van der Waals surface area contributed by atoms with Crippen LogP contribution in [0.5, 0.6) is 5.75 Å². The zero-order valence-corrected chi connectivity index (χ0v) is 26.8. The standard InChI is InChI=1S/C14H17N3.C14H20O2.C7H13NO2/c1-2-6-14(7-3-1)17-12-13(10-15-17)11-16-8-4-5-9-16;1-5-10(3)14(15)13-8-7-12(16-4)9-11(13)6-2;1-6(4-3-5-9)7(10)8-2/h1-3,6-7,10,12H,4-5,8-9,11H2;7-10H,5-6H2,1-4H3;5-6H,3-4H2,1-2H3,(H,8,10)/t;;6-/m..1/s1. The number of rotatable bonds is 12. The van der Waals surface area contributed by atoms with Gasteiger partial charge in [0, 0.05) is 49.2 Å². The number of aldehydes is 1. The molecule has 1 aliphatic rings. The zero-order valence-electron chi connectivity index (χ0n) is 26.8. The minimum absolute atomic E-state index is 0.00171. The van der Waals surface area contributed by atoms with Crippen molar-refractivity contribution in [2.75, 3.05) is 27.2 Å². The molecule has 0 bridgehead atoms. The van der Waals surface area contributed by atoms with Gasteiger partial charge in [0.15, 0.2) is 5.78 Å². The second-order valence-corrected chi connectivity index (χ2v) is 10.9. The number of aromatic nitrogens is 2. The van der Waals surface area contributed by atoms with Crippen LogP contribution in [0.1, 0.15) is 81.3 Å². The molecule has 4 rings (SSSR count). The van der Waals surface area contributed by atoms with Crippen molar-refractivity contribution in [3.05, 3.63) is 77.6 Å². The molecule has 1 unspecified atom stereocenters. The van der Waals surface area contributed by atoms with E-state index in [1.54, 1.807) is 14.2 Å². The van der Waals surface area contributed by atoms with Crippen LogP contribution in [0.15, 0.2) is 60.9 Å². The molecule has 8 nitrogen and oxygen atoms in total. The Morgan fingerprint density at radius 1 is 1.05 bits per heavy atom. The molecule has 0 saturated carbocycles. The number of nitrogens with one attached hydrogen (secondary N) is 1. The van der Waals surface area contributed by atoms with Gasteiger partial charge in [-0.25, -0.2) is 4.68 Å². The SMILES string of the molecule is CCc1cc(OC)ccc1C(=O)C(C)CC.CNC(=O)[C@H](C)CCC=O.c1ccc(-n2cc(CN3CCCC3)cn2)cc1. The molecule has 43 heavy (non-hydrogen) atoms. The fraction of sp³-hybridized carbons (Fsp3) is 0.486. The number of para-hydroxylation sites is 1. The molecule has 1 aliphatic heterocycles. The van der Waals surface area contributed by atoms with E-state index in [-0.39, 0.29) is 23.5 Å². The maximum atomic E-state index is 12.1. The van der Waals surface area contributed by atoms with E-state index in [1.165, 1.54) is 31.5 Å². The van der Waals surface area contributed by atoms with E-state index in [0.29, 0.717) is 12.8 Å². The van der Waals surface area contributed by atoms with E-state index < -0.39 is 0 Å². The highest BCUT2D eigenvalue weighted by atomic mass is 16.5. The molecule has 1 saturated heterocycles. The van der Waals surface area contributed by atoms with Crippen LogP contribution < -0.4 is 10.1 Å². The van der Waals surface area contributed by atoms with Crippen LogP contribution in [0.3, 0.4) is 0 Å². The largest absolute Gasteiger partial charge is 0.497 e. The number of hydrogen-bond donors (Lipinski definition) is 1. The predicted octanol–water partition coefficient (Wildman–Crippen LogP) is 6.30. The summed E-state index contributed by atoms with van der Waals surface area (Å²) in [5.41, 5.74) is 4.35. The fourth-order valence-corrected chi connectivity index (χ4v) is 4.74. The first-order valence-corrected chi connectivity index (χ1v) is 15.4. The molecule has 2 heterocycles. The number of hydrogen-bond acceptors (Lipinski definition) is 6. The van der Waals surface area contributed by atoms with Gasteiger partial charge in [-0.2, -0.15) is 5.10 Å². The van der Waals surface area contributed by atoms with Crippen LogP contribution in [0, 0.1) is 11.8 Å². The van der Waals surface area contributed by atoms with Gasteiger partial charge in [0.2, 0.25) is 5.91 Å². The number of aryl methyl sites for hydroxylation is 1. The molecule has 2 atom stereocenters. The smallest absolute Gasteiger partial charge is 0.222 e. The van der Waals surface area contributed by atoms with Gasteiger partial charge >= 0.3 is 0 Å². The molecule has 1 fully saturated rings. The number of nitrogens with zero attached hydrogens (tertiary/aromatic N) is 3. The second kappa shape index (κ2) is 19.4. The maximum Gasteiger partial charge on any atom is 0.222 e. The normalized spacial score (nSPS) is 13.9. The van der Waals surface area contributed by atoms with Crippen LogP contribution in [0.25, 0.3) is 5.69 Å². The van der Waals surface area contributed by atoms with Gasteiger partial charge in [-0.05, 0) is 81.1 Å². The van der Waals surface area contributed by atoms with Crippen molar-refractivity contribution in [1.82, 2.24) is 20.0 Å².